The monoisotopic (exact) mass is 1690 g/mol. The van der Waals surface area contributed by atoms with Crippen molar-refractivity contribution in [3.63, 3.8) is 0 Å². The zero-order valence-electron chi connectivity index (χ0n) is 80.2. The van der Waals surface area contributed by atoms with Crippen LogP contribution in [0.1, 0.15) is 225 Å². The molecule has 7 aliphatic heterocycles. The summed E-state index contributed by atoms with van der Waals surface area (Å²) in [5.41, 5.74) is 27.0. The van der Waals surface area contributed by atoms with Crippen molar-refractivity contribution in [2.24, 2.45) is 0 Å². The molecule has 7 aromatic carbocycles. The lowest BCUT2D eigenvalue weighted by atomic mass is 9.93. The summed E-state index contributed by atoms with van der Waals surface area (Å²) in [7, 11) is 8.60. The van der Waals surface area contributed by atoms with Crippen LogP contribution in [0.2, 0.25) is 5.02 Å². The quantitative estimate of drug-likeness (QED) is 0.0515. The van der Waals surface area contributed by atoms with Crippen molar-refractivity contribution < 1.29 is 5.11 Å². The van der Waals surface area contributed by atoms with Crippen LogP contribution < -0.4 is 60.9 Å². The van der Waals surface area contributed by atoms with Gasteiger partial charge in [-0.15, -0.1) is 0 Å². The molecule has 18 heteroatoms. The summed E-state index contributed by atoms with van der Waals surface area (Å²) in [6.45, 7) is 72.9. The SMILES string of the molecule is CC(C)c1ccc(N2CCN(C)CC2)c(C#N)c1.CC(C)c1ccc(N2CCN(C)CC2)cc1Cl.CC(C)c1ccc(N2CCNC(CO)C2)cc1.CC(C)c1ccc(N2CCNCC2)c(CN(C)C)c1.CC1CN(c2ccc(C(C)C)cc2)CC(C)N1.Cc1c(C(C)C)ccc(N2CCNCC2)c1C.Cc1cc(C(C)C)cc(C)c1N1CCNCC1. The number of nitrogens with one attached hydrogen (secondary N) is 5. The first kappa shape index (κ1) is 100.0. The first-order valence-electron chi connectivity index (χ1n) is 46.6. The topological polar surface area (TPSA) is 137 Å². The fourth-order valence-electron chi connectivity index (χ4n) is 17.5. The number of benzene rings is 7. The van der Waals surface area contributed by atoms with Crippen LogP contribution in [0, 0.1) is 39.0 Å². The molecule has 0 saturated carbocycles. The van der Waals surface area contributed by atoms with Crippen molar-refractivity contribution >= 4 is 51.4 Å². The van der Waals surface area contributed by atoms with E-state index < -0.39 is 0 Å². The number of likely N-dealkylation sites (N-methyl/N-ethyl adjacent to an activating group) is 2. The number of hydrogen-bond donors (Lipinski definition) is 6. The Morgan fingerprint density at radius 3 is 1.25 bits per heavy atom. The number of nitrogens with zero attached hydrogens (tertiary/aromatic N) is 11. The molecule has 7 aromatic rings. The summed E-state index contributed by atoms with van der Waals surface area (Å²) < 4.78 is 0. The summed E-state index contributed by atoms with van der Waals surface area (Å²) in [6, 6.07) is 50.6. The zero-order valence-corrected chi connectivity index (χ0v) is 81.0. The van der Waals surface area contributed by atoms with Crippen molar-refractivity contribution in [2.75, 3.05) is 233 Å². The lowest BCUT2D eigenvalue weighted by Crippen LogP contribution is -2.54. The summed E-state index contributed by atoms with van der Waals surface area (Å²) in [4.78, 5) is 24.0. The third-order valence-electron chi connectivity index (χ3n) is 25.2. The Labute approximate surface area is 746 Å². The summed E-state index contributed by atoms with van der Waals surface area (Å²) >= 11 is 6.34. The van der Waals surface area contributed by atoms with Crippen LogP contribution in [0.25, 0.3) is 0 Å². The summed E-state index contributed by atoms with van der Waals surface area (Å²) in [6.07, 6.45) is 0. The molecule has 14 rings (SSSR count). The van der Waals surface area contributed by atoms with Crippen LogP contribution in [0.5, 0.6) is 0 Å². The van der Waals surface area contributed by atoms with Crippen molar-refractivity contribution in [2.45, 2.75) is 205 Å². The van der Waals surface area contributed by atoms with Crippen molar-refractivity contribution in [1.29, 1.82) is 5.26 Å². The minimum atomic E-state index is 0.202. The average Bonchev–Trinajstić information content (AvgIpc) is 0.833. The first-order valence-corrected chi connectivity index (χ1v) is 47.0. The lowest BCUT2D eigenvalue weighted by Gasteiger charge is -2.37. The Kier molecular flexibility index (Phi) is 41.0. The van der Waals surface area contributed by atoms with Crippen LogP contribution in [-0.4, -0.2) is 236 Å². The van der Waals surface area contributed by atoms with Gasteiger partial charge in [0.25, 0.3) is 0 Å². The van der Waals surface area contributed by atoms with E-state index in [1.807, 2.05) is 6.07 Å². The predicted molar refractivity (Wildman–Crippen MR) is 530 cm³/mol. The molecule has 672 valence electrons. The van der Waals surface area contributed by atoms with Gasteiger partial charge in [-0.05, 0) is 239 Å². The minimum absolute atomic E-state index is 0.202. The maximum Gasteiger partial charge on any atom is 0.101 e. The molecule has 122 heavy (non-hydrogen) atoms. The molecule has 0 amide bonds. The number of hydrogen-bond acceptors (Lipinski definition) is 17. The standard InChI is InChI=1S/C16H27N3.C15H21N3.3C15H24N2.C14H21ClN2.C14H22N2O/c1-13(2)14-5-6-16(15(11-14)12-18(3)4)19-9-7-17-8-10-19;1-12(2)13-4-5-15(14(10-13)11-16)18-8-6-17(3)7-9-18;1-11(2)14-9-12(3)15(13(4)10-14)17-7-5-16-6-8-17;1-11(2)14-5-7-15(8-6-14)17-9-12(3)16-13(4)10-17;1-11(2)14-5-6-15(13(4)12(14)3)17-9-7-16-8-10-17;1-11(2)13-5-4-12(10-14(13)15)17-8-6-16(3)7-9-17;1-11(2)12-3-5-14(6-4-12)16-8-7-15-13(9-16)10-17/h5-6,11,13,17H,7-10,12H2,1-4H3;4-5,10,12H,6-9H2,1-3H3;9-11,16H,5-8H2,1-4H3;5-8,11-13,16H,9-10H2,1-4H3;5-6,11,16H,7-10H2,1-4H3;4-5,10-11H,6-9H2,1-3H3;3-6,11,13,15,17H,7-10H2,1-2H3. The van der Waals surface area contributed by atoms with Crippen molar-refractivity contribution in [3.05, 3.63) is 205 Å². The molecule has 7 saturated heterocycles. The van der Waals surface area contributed by atoms with Crippen molar-refractivity contribution in [1.82, 2.24) is 41.3 Å². The Morgan fingerprint density at radius 2 is 0.803 bits per heavy atom. The van der Waals surface area contributed by atoms with Gasteiger partial charge in [0, 0.05) is 227 Å². The molecule has 7 heterocycles. The molecule has 0 spiro atoms. The molecule has 0 aromatic heterocycles. The van der Waals surface area contributed by atoms with Gasteiger partial charge in [-0.25, -0.2) is 0 Å². The predicted octanol–water partition coefficient (Wildman–Crippen LogP) is 18.2. The van der Waals surface area contributed by atoms with Gasteiger partial charge in [0.15, 0.2) is 0 Å². The van der Waals surface area contributed by atoms with Crippen LogP contribution in [0.3, 0.4) is 0 Å². The molecule has 0 radical (unpaired) electrons. The van der Waals surface area contributed by atoms with Gasteiger partial charge in [-0.3, -0.25) is 0 Å². The number of nitriles is 1. The third kappa shape index (κ3) is 30.4. The fraction of sp³-hybridized carbons (Fsp3) is 0.587. The molecule has 0 aliphatic carbocycles. The van der Waals surface area contributed by atoms with E-state index in [4.69, 9.17) is 11.6 Å². The van der Waals surface area contributed by atoms with Gasteiger partial charge >= 0.3 is 0 Å². The van der Waals surface area contributed by atoms with Gasteiger partial charge in [-0.1, -0.05) is 175 Å². The Hall–Kier alpha value is -7.44. The molecule has 0 bridgehead atoms. The Balaban J connectivity index is 0.000000177. The molecule has 7 aliphatic rings. The number of anilines is 7. The van der Waals surface area contributed by atoms with Gasteiger partial charge < -0.3 is 80.7 Å². The highest BCUT2D eigenvalue weighted by Gasteiger charge is 2.26. The second kappa shape index (κ2) is 50.0. The second-order valence-electron chi connectivity index (χ2n) is 37.9. The number of rotatable bonds is 17. The van der Waals surface area contributed by atoms with E-state index >= 15 is 0 Å². The molecular formula is C104H163ClN16O. The van der Waals surface area contributed by atoms with E-state index in [2.05, 4.69) is 370 Å². The molecule has 6 N–H and O–H groups in total. The average molecular weight is 1690 g/mol. The fourth-order valence-corrected chi connectivity index (χ4v) is 17.9. The van der Waals surface area contributed by atoms with Crippen LogP contribution in [-0.2, 0) is 6.54 Å². The van der Waals surface area contributed by atoms with E-state index in [9.17, 15) is 10.4 Å². The molecule has 3 unspecified atom stereocenters. The Morgan fingerprint density at radius 1 is 0.402 bits per heavy atom. The number of aliphatic hydroxyl groups excluding tert-OH is 1. The highest BCUT2D eigenvalue weighted by atomic mass is 35.5. The Bertz CT molecular complexity index is 4220. The van der Waals surface area contributed by atoms with E-state index in [-0.39, 0.29) is 12.6 Å². The van der Waals surface area contributed by atoms with Crippen LogP contribution in [0.15, 0.2) is 127 Å². The smallest absolute Gasteiger partial charge is 0.101 e. The van der Waals surface area contributed by atoms with E-state index in [0.29, 0.717) is 53.5 Å². The molecule has 7 fully saturated rings. The number of aliphatic hydroxyl groups is 1. The van der Waals surface area contributed by atoms with Crippen molar-refractivity contribution in [3.8, 4) is 6.07 Å². The van der Waals surface area contributed by atoms with Gasteiger partial charge in [-0.2, -0.15) is 5.26 Å². The van der Waals surface area contributed by atoms with Gasteiger partial charge in [0.05, 0.1) is 17.9 Å². The zero-order chi connectivity index (χ0) is 88.9. The van der Waals surface area contributed by atoms with Crippen LogP contribution >= 0.6 is 11.6 Å². The highest BCUT2D eigenvalue weighted by Crippen LogP contribution is 2.35. The maximum absolute atomic E-state index is 9.32. The number of halogens is 1. The van der Waals surface area contributed by atoms with E-state index in [1.165, 1.54) is 101 Å². The molecule has 3 atom stereocenters. The number of aryl methyl sites for hydroxylation is 2. The highest BCUT2D eigenvalue weighted by molar-refractivity contribution is 6.31. The molecular weight excluding hydrogens is 1520 g/mol. The largest absolute Gasteiger partial charge is 0.395 e. The minimum Gasteiger partial charge on any atom is -0.395 e. The van der Waals surface area contributed by atoms with Gasteiger partial charge in [0.2, 0.25) is 0 Å². The third-order valence-corrected chi connectivity index (χ3v) is 25.5. The normalized spacial score (nSPS) is 18.6. The lowest BCUT2D eigenvalue weighted by molar-refractivity contribution is 0.235. The number of piperazine rings is 7. The maximum atomic E-state index is 9.32. The van der Waals surface area contributed by atoms with Crippen LogP contribution in [0.4, 0.5) is 39.8 Å². The van der Waals surface area contributed by atoms with Gasteiger partial charge in [0.1, 0.15) is 6.07 Å². The first-order chi connectivity index (χ1) is 58.2. The second-order valence-corrected chi connectivity index (χ2v) is 38.3. The summed E-state index contributed by atoms with van der Waals surface area (Å²) in [5, 5.41) is 36.5. The van der Waals surface area contributed by atoms with E-state index in [0.717, 1.165) is 186 Å². The van der Waals surface area contributed by atoms with E-state index in [1.54, 1.807) is 0 Å². The molecule has 17 nitrogen and oxygen atoms in total. The summed E-state index contributed by atoms with van der Waals surface area (Å²) in [5.74, 6) is 3.98.